The number of hydrogen-bond acceptors (Lipinski definition) is 3. The van der Waals surface area contributed by atoms with Crippen LogP contribution >= 0.6 is 0 Å². The maximum atomic E-state index is 12.7. The van der Waals surface area contributed by atoms with E-state index in [1.807, 2.05) is 19.1 Å². The summed E-state index contributed by atoms with van der Waals surface area (Å²) in [4.78, 5) is 5.02. The highest BCUT2D eigenvalue weighted by molar-refractivity contribution is 7.89. The van der Waals surface area contributed by atoms with Gasteiger partial charge in [-0.25, -0.2) is 4.21 Å². The monoisotopic (exact) mass is 299 g/mol. The van der Waals surface area contributed by atoms with Crippen LogP contribution in [0, 0.1) is 6.92 Å². The van der Waals surface area contributed by atoms with Gasteiger partial charge in [-0.05, 0) is 31.2 Å². The van der Waals surface area contributed by atoms with E-state index in [2.05, 4.69) is 11.6 Å². The number of pyridine rings is 1. The molecule has 1 N–H and O–H groups in total. The fraction of sp³-hybridized carbons (Fsp3) is 0.118. The lowest BCUT2D eigenvalue weighted by Gasteiger charge is -2.14. The molecule has 0 aliphatic carbocycles. The van der Waals surface area contributed by atoms with Crippen LogP contribution in [0.5, 0.6) is 0 Å². The van der Waals surface area contributed by atoms with Gasteiger partial charge >= 0.3 is 0 Å². The number of rotatable bonds is 5. The third-order valence-corrected chi connectivity index (χ3v) is 4.49. The van der Waals surface area contributed by atoms with Crippen molar-refractivity contribution in [2.75, 3.05) is 0 Å². The number of benzene rings is 1. The number of nitrogens with zero attached hydrogens (tertiary/aromatic N) is 1. The van der Waals surface area contributed by atoms with E-state index in [9.17, 15) is 9.32 Å². The highest BCUT2D eigenvalue weighted by Crippen LogP contribution is 2.27. The highest BCUT2D eigenvalue weighted by atomic mass is 32.2. The van der Waals surface area contributed by atoms with E-state index in [1.54, 1.807) is 42.7 Å². The van der Waals surface area contributed by atoms with Crippen molar-refractivity contribution >= 4 is 10.8 Å². The summed E-state index contributed by atoms with van der Waals surface area (Å²) in [6.07, 6.45) is 5.34. The van der Waals surface area contributed by atoms with Crippen LogP contribution in [0.15, 0.2) is 77.3 Å². The molecule has 0 bridgehead atoms. The van der Waals surface area contributed by atoms with E-state index in [1.165, 1.54) is 6.08 Å². The summed E-state index contributed by atoms with van der Waals surface area (Å²) in [5.74, 6) is 0. The van der Waals surface area contributed by atoms with Gasteiger partial charge in [0.15, 0.2) is 0 Å². The third-order valence-electron chi connectivity index (χ3n) is 3.00. The maximum Gasteiger partial charge on any atom is 0.114 e. The molecule has 0 aliphatic rings. The molecule has 0 amide bonds. The van der Waals surface area contributed by atoms with E-state index >= 15 is 0 Å². The second-order valence-corrected chi connectivity index (χ2v) is 6.06. The van der Waals surface area contributed by atoms with Gasteiger partial charge in [-0.1, -0.05) is 36.4 Å². The molecule has 0 spiro atoms. The summed E-state index contributed by atoms with van der Waals surface area (Å²) in [5, 5.41) is 10.4. The molecule has 3 nitrogen and oxygen atoms in total. The minimum absolute atomic E-state index is 0.391. The minimum Gasteiger partial charge on any atom is -0.383 e. The number of allylic oxidation sites excluding steroid dienone is 2. The van der Waals surface area contributed by atoms with Crippen molar-refractivity contribution in [2.24, 2.45) is 0 Å². The molecule has 0 radical (unpaired) electrons. The zero-order valence-corrected chi connectivity index (χ0v) is 12.6. The molecule has 0 aliphatic heterocycles. The largest absolute Gasteiger partial charge is 0.383 e. The normalized spacial score (nSPS) is 14.5. The van der Waals surface area contributed by atoms with Gasteiger partial charge in [0.1, 0.15) is 6.10 Å². The van der Waals surface area contributed by atoms with Crippen LogP contribution in [0.1, 0.15) is 17.2 Å². The first-order valence-corrected chi connectivity index (χ1v) is 7.67. The fourth-order valence-corrected chi connectivity index (χ4v) is 3.08. The maximum absolute atomic E-state index is 12.7. The zero-order valence-electron chi connectivity index (χ0n) is 11.8. The number of hydrogen-bond donors (Lipinski definition) is 1. The standard InChI is InChI=1S/C17H17NO2S/c1-3-5-16(17(19)14-6-4-11-18-12-14)21(20)15-9-7-13(2)8-10-15/h3-12,17,19H,1H2,2H3/b16-5+/t17-,21+/m1/s1. The Labute approximate surface area is 127 Å². The Morgan fingerprint density at radius 2 is 2.05 bits per heavy atom. The number of aliphatic hydroxyl groups excluding tert-OH is 1. The fourth-order valence-electron chi connectivity index (χ4n) is 1.87. The second kappa shape index (κ2) is 7.11. The first kappa shape index (κ1) is 15.4. The van der Waals surface area contributed by atoms with Crippen LogP contribution in [-0.2, 0) is 10.8 Å². The number of aliphatic hydroxyl groups is 1. The molecule has 0 saturated heterocycles. The minimum atomic E-state index is -1.45. The van der Waals surface area contributed by atoms with E-state index in [0.29, 0.717) is 15.4 Å². The van der Waals surface area contributed by atoms with Crippen molar-refractivity contribution in [1.82, 2.24) is 4.98 Å². The molecule has 1 aromatic heterocycles. The van der Waals surface area contributed by atoms with Crippen LogP contribution in [0.25, 0.3) is 0 Å². The zero-order chi connectivity index (χ0) is 15.2. The Bertz CT molecular complexity index is 663. The number of aryl methyl sites for hydroxylation is 1. The van der Waals surface area contributed by atoms with Gasteiger partial charge in [-0.2, -0.15) is 0 Å². The molecule has 1 heterocycles. The van der Waals surface area contributed by atoms with Crippen molar-refractivity contribution in [3.63, 3.8) is 0 Å². The molecule has 2 rings (SSSR count). The average molecular weight is 299 g/mol. The molecular formula is C17H17NO2S. The van der Waals surface area contributed by atoms with Crippen molar-refractivity contribution in [2.45, 2.75) is 17.9 Å². The molecule has 2 atom stereocenters. The lowest BCUT2D eigenvalue weighted by molar-refractivity contribution is 0.223. The van der Waals surface area contributed by atoms with Crippen LogP contribution in [0.2, 0.25) is 0 Å². The van der Waals surface area contributed by atoms with Gasteiger partial charge < -0.3 is 5.11 Å². The van der Waals surface area contributed by atoms with Crippen LogP contribution in [0.3, 0.4) is 0 Å². The first-order valence-electron chi connectivity index (χ1n) is 6.52. The SMILES string of the molecule is C=C/C=C(\[C@H](O)c1cccnc1)[S@@](=O)c1ccc(C)cc1. The van der Waals surface area contributed by atoms with Gasteiger partial charge in [0.05, 0.1) is 15.7 Å². The summed E-state index contributed by atoms with van der Waals surface area (Å²) >= 11 is 0. The molecule has 0 unspecified atom stereocenters. The Hall–Kier alpha value is -2.04. The third kappa shape index (κ3) is 3.74. The summed E-state index contributed by atoms with van der Waals surface area (Å²) in [6.45, 7) is 5.60. The van der Waals surface area contributed by atoms with Crippen LogP contribution < -0.4 is 0 Å². The summed E-state index contributed by atoms with van der Waals surface area (Å²) in [6, 6.07) is 10.9. The quantitative estimate of drug-likeness (QED) is 0.862. The molecule has 21 heavy (non-hydrogen) atoms. The summed E-state index contributed by atoms with van der Waals surface area (Å²) in [5.41, 5.74) is 1.70. The van der Waals surface area contributed by atoms with Gasteiger partial charge in [-0.15, -0.1) is 0 Å². The summed E-state index contributed by atoms with van der Waals surface area (Å²) < 4.78 is 12.7. The van der Waals surface area contributed by atoms with Crippen molar-refractivity contribution in [3.05, 3.63) is 83.6 Å². The molecule has 0 fully saturated rings. The van der Waals surface area contributed by atoms with E-state index < -0.39 is 16.9 Å². The van der Waals surface area contributed by atoms with E-state index in [4.69, 9.17) is 0 Å². The number of aromatic nitrogens is 1. The first-order chi connectivity index (χ1) is 10.1. The molecule has 0 saturated carbocycles. The Morgan fingerprint density at radius 3 is 2.62 bits per heavy atom. The van der Waals surface area contributed by atoms with Crippen molar-refractivity contribution < 1.29 is 9.32 Å². The van der Waals surface area contributed by atoms with Gasteiger partial charge in [0, 0.05) is 22.9 Å². The van der Waals surface area contributed by atoms with Crippen molar-refractivity contribution in [3.8, 4) is 0 Å². The second-order valence-electron chi connectivity index (χ2n) is 4.58. The van der Waals surface area contributed by atoms with Crippen LogP contribution in [0.4, 0.5) is 0 Å². The Balaban J connectivity index is 2.35. The highest BCUT2D eigenvalue weighted by Gasteiger charge is 2.20. The molecular weight excluding hydrogens is 282 g/mol. The lowest BCUT2D eigenvalue weighted by Crippen LogP contribution is -2.08. The molecule has 4 heteroatoms. The predicted molar refractivity (Wildman–Crippen MR) is 85.1 cm³/mol. The smallest absolute Gasteiger partial charge is 0.114 e. The summed E-state index contributed by atoms with van der Waals surface area (Å²) in [7, 11) is -1.45. The average Bonchev–Trinajstić information content (AvgIpc) is 2.53. The Morgan fingerprint density at radius 1 is 1.33 bits per heavy atom. The van der Waals surface area contributed by atoms with Gasteiger partial charge in [0.2, 0.25) is 0 Å². The van der Waals surface area contributed by atoms with E-state index in [0.717, 1.165) is 5.56 Å². The van der Waals surface area contributed by atoms with E-state index in [-0.39, 0.29) is 0 Å². The van der Waals surface area contributed by atoms with Crippen LogP contribution in [-0.4, -0.2) is 14.3 Å². The molecule has 1 aromatic carbocycles. The Kier molecular flexibility index (Phi) is 5.20. The van der Waals surface area contributed by atoms with Crippen molar-refractivity contribution in [1.29, 1.82) is 0 Å². The predicted octanol–water partition coefficient (Wildman–Crippen LogP) is 3.30. The van der Waals surface area contributed by atoms with Gasteiger partial charge in [-0.3, -0.25) is 4.98 Å². The topological polar surface area (TPSA) is 50.2 Å². The van der Waals surface area contributed by atoms with Gasteiger partial charge in [0.25, 0.3) is 0 Å². The molecule has 108 valence electrons. The molecule has 2 aromatic rings. The lowest BCUT2D eigenvalue weighted by atomic mass is 10.1.